The van der Waals surface area contributed by atoms with Gasteiger partial charge in [0, 0.05) is 6.54 Å². The quantitative estimate of drug-likeness (QED) is 0.751. The summed E-state index contributed by atoms with van der Waals surface area (Å²) in [5, 5.41) is 3.01. The fourth-order valence-electron chi connectivity index (χ4n) is 1.62. The minimum Gasteiger partial charge on any atom is -0.326 e. The Balaban J connectivity index is 2.82. The van der Waals surface area contributed by atoms with Crippen molar-refractivity contribution >= 4 is 5.78 Å². The fraction of sp³-hybridized carbons (Fsp3) is 0.417. The first-order valence-electron chi connectivity index (χ1n) is 5.13. The van der Waals surface area contributed by atoms with Gasteiger partial charge in [-0.05, 0) is 31.5 Å². The Labute approximate surface area is 90.7 Å². The molecule has 1 atom stereocenters. The summed E-state index contributed by atoms with van der Waals surface area (Å²) in [7, 11) is 1.80. The monoisotopic (exact) mass is 206 g/mol. The number of hydrogen-bond donors (Lipinski definition) is 2. The van der Waals surface area contributed by atoms with Crippen molar-refractivity contribution in [2.75, 3.05) is 7.05 Å². The third kappa shape index (κ3) is 3.15. The van der Waals surface area contributed by atoms with Crippen molar-refractivity contribution in [3.05, 3.63) is 35.4 Å². The lowest BCUT2D eigenvalue weighted by molar-refractivity contribution is -0.118. The highest BCUT2D eigenvalue weighted by Crippen LogP contribution is 2.10. The molecule has 0 saturated carbocycles. The summed E-state index contributed by atoms with van der Waals surface area (Å²) in [5.74, 6) is 0.157. The molecule has 15 heavy (non-hydrogen) atoms. The minimum absolute atomic E-state index is 0.113. The number of carbonyl (C=O) groups excluding carboxylic acids is 1. The molecule has 0 radical (unpaired) electrons. The van der Waals surface area contributed by atoms with Crippen LogP contribution in [0.3, 0.4) is 0 Å². The topological polar surface area (TPSA) is 55.1 Å². The smallest absolute Gasteiger partial charge is 0.147 e. The number of benzene rings is 1. The van der Waals surface area contributed by atoms with E-state index in [1.165, 1.54) is 0 Å². The van der Waals surface area contributed by atoms with Crippen molar-refractivity contribution in [1.29, 1.82) is 0 Å². The van der Waals surface area contributed by atoms with Crippen molar-refractivity contribution in [2.24, 2.45) is 5.73 Å². The number of nitrogens with two attached hydrogens (primary N) is 1. The minimum atomic E-state index is -0.113. The number of ketones is 1. The number of rotatable bonds is 5. The molecular weight excluding hydrogens is 188 g/mol. The van der Waals surface area contributed by atoms with E-state index in [-0.39, 0.29) is 11.8 Å². The molecule has 0 saturated heterocycles. The molecule has 0 bridgehead atoms. The number of Topliss-reactive ketones (excluding diaryl/α,β-unsaturated/α-hetero) is 1. The van der Waals surface area contributed by atoms with Gasteiger partial charge >= 0.3 is 0 Å². The van der Waals surface area contributed by atoms with Crippen LogP contribution in [0.5, 0.6) is 0 Å². The SMILES string of the molecule is CNC(Cc1ccccc1CN)C(C)=O. The summed E-state index contributed by atoms with van der Waals surface area (Å²) in [4.78, 5) is 11.3. The van der Waals surface area contributed by atoms with E-state index < -0.39 is 0 Å². The van der Waals surface area contributed by atoms with Crippen LogP contribution < -0.4 is 11.1 Å². The van der Waals surface area contributed by atoms with Gasteiger partial charge in [-0.1, -0.05) is 24.3 Å². The Kier molecular flexibility index (Phi) is 4.46. The van der Waals surface area contributed by atoms with Gasteiger partial charge in [-0.3, -0.25) is 4.79 Å². The molecular formula is C12H18N2O. The van der Waals surface area contributed by atoms with Gasteiger partial charge in [0.2, 0.25) is 0 Å². The van der Waals surface area contributed by atoms with Crippen molar-refractivity contribution in [1.82, 2.24) is 5.32 Å². The van der Waals surface area contributed by atoms with E-state index in [0.717, 1.165) is 11.1 Å². The van der Waals surface area contributed by atoms with Crippen LogP contribution in [0.1, 0.15) is 18.1 Å². The molecule has 0 aliphatic rings. The summed E-state index contributed by atoms with van der Waals surface area (Å²) in [6.07, 6.45) is 0.708. The molecule has 0 heterocycles. The number of hydrogen-bond acceptors (Lipinski definition) is 3. The van der Waals surface area contributed by atoms with Crippen LogP contribution in [0.25, 0.3) is 0 Å². The zero-order chi connectivity index (χ0) is 11.3. The zero-order valence-corrected chi connectivity index (χ0v) is 9.29. The molecule has 1 rings (SSSR count). The summed E-state index contributed by atoms with van der Waals surface area (Å²) in [6.45, 7) is 2.12. The summed E-state index contributed by atoms with van der Waals surface area (Å²) < 4.78 is 0. The predicted molar refractivity (Wildman–Crippen MR) is 61.6 cm³/mol. The first-order valence-corrected chi connectivity index (χ1v) is 5.13. The van der Waals surface area contributed by atoms with Crippen LogP contribution in [-0.4, -0.2) is 18.9 Å². The van der Waals surface area contributed by atoms with Crippen molar-refractivity contribution in [2.45, 2.75) is 25.9 Å². The Bertz CT molecular complexity index is 336. The molecule has 3 heteroatoms. The van der Waals surface area contributed by atoms with E-state index in [1.807, 2.05) is 24.3 Å². The lowest BCUT2D eigenvalue weighted by atomic mass is 9.98. The normalized spacial score (nSPS) is 12.5. The van der Waals surface area contributed by atoms with E-state index in [4.69, 9.17) is 5.73 Å². The molecule has 1 unspecified atom stereocenters. The maximum Gasteiger partial charge on any atom is 0.147 e. The van der Waals surface area contributed by atoms with Crippen LogP contribution >= 0.6 is 0 Å². The third-order valence-electron chi connectivity index (χ3n) is 2.60. The standard InChI is InChI=1S/C12H18N2O/c1-9(15)12(14-2)7-10-5-3-4-6-11(10)8-13/h3-6,12,14H,7-8,13H2,1-2H3. The highest BCUT2D eigenvalue weighted by atomic mass is 16.1. The van der Waals surface area contributed by atoms with E-state index in [2.05, 4.69) is 5.32 Å². The van der Waals surface area contributed by atoms with Crippen molar-refractivity contribution in [3.63, 3.8) is 0 Å². The van der Waals surface area contributed by atoms with Crippen LogP contribution in [0, 0.1) is 0 Å². The van der Waals surface area contributed by atoms with Crippen LogP contribution in [0.2, 0.25) is 0 Å². The van der Waals surface area contributed by atoms with E-state index in [1.54, 1.807) is 14.0 Å². The summed E-state index contributed by atoms with van der Waals surface area (Å²) >= 11 is 0. The Morgan fingerprint density at radius 1 is 1.40 bits per heavy atom. The van der Waals surface area contributed by atoms with Crippen LogP contribution in [0.15, 0.2) is 24.3 Å². The third-order valence-corrected chi connectivity index (χ3v) is 2.60. The maximum absolute atomic E-state index is 11.3. The largest absolute Gasteiger partial charge is 0.326 e. The van der Waals surface area contributed by atoms with Gasteiger partial charge in [0.1, 0.15) is 5.78 Å². The average molecular weight is 206 g/mol. The van der Waals surface area contributed by atoms with Gasteiger partial charge in [0.05, 0.1) is 6.04 Å². The second kappa shape index (κ2) is 5.63. The predicted octanol–water partition coefficient (Wildman–Crippen LogP) is 0.865. The second-order valence-corrected chi connectivity index (χ2v) is 3.63. The molecule has 3 N–H and O–H groups in total. The molecule has 82 valence electrons. The number of nitrogens with one attached hydrogen (secondary N) is 1. The molecule has 0 fully saturated rings. The molecule has 0 aromatic heterocycles. The highest BCUT2D eigenvalue weighted by Gasteiger charge is 2.13. The van der Waals surface area contributed by atoms with Gasteiger partial charge in [0.25, 0.3) is 0 Å². The fourth-order valence-corrected chi connectivity index (χ4v) is 1.62. The first kappa shape index (κ1) is 11.9. The molecule has 1 aromatic carbocycles. The number of likely N-dealkylation sites (N-methyl/N-ethyl adjacent to an activating group) is 1. The van der Waals surface area contributed by atoms with Crippen LogP contribution in [-0.2, 0) is 17.8 Å². The lowest BCUT2D eigenvalue weighted by Crippen LogP contribution is -2.34. The highest BCUT2D eigenvalue weighted by molar-refractivity contribution is 5.81. The molecule has 3 nitrogen and oxygen atoms in total. The zero-order valence-electron chi connectivity index (χ0n) is 9.29. The van der Waals surface area contributed by atoms with E-state index >= 15 is 0 Å². The second-order valence-electron chi connectivity index (χ2n) is 3.63. The first-order chi connectivity index (χ1) is 7.19. The van der Waals surface area contributed by atoms with Crippen LogP contribution in [0.4, 0.5) is 0 Å². The molecule has 0 aliphatic carbocycles. The average Bonchev–Trinajstić information content (AvgIpc) is 2.25. The molecule has 0 aliphatic heterocycles. The summed E-state index contributed by atoms with van der Waals surface area (Å²) in [6, 6.07) is 7.85. The van der Waals surface area contributed by atoms with Crippen molar-refractivity contribution < 1.29 is 4.79 Å². The summed E-state index contributed by atoms with van der Waals surface area (Å²) in [5.41, 5.74) is 7.90. The Morgan fingerprint density at radius 3 is 2.47 bits per heavy atom. The molecule has 0 amide bonds. The lowest BCUT2D eigenvalue weighted by Gasteiger charge is -2.14. The van der Waals surface area contributed by atoms with E-state index in [9.17, 15) is 4.79 Å². The Morgan fingerprint density at radius 2 is 2.00 bits per heavy atom. The maximum atomic E-state index is 11.3. The van der Waals surface area contributed by atoms with E-state index in [0.29, 0.717) is 13.0 Å². The number of carbonyl (C=O) groups is 1. The van der Waals surface area contributed by atoms with Gasteiger partial charge in [-0.25, -0.2) is 0 Å². The molecule has 1 aromatic rings. The van der Waals surface area contributed by atoms with Gasteiger partial charge in [0.15, 0.2) is 0 Å². The Hall–Kier alpha value is -1.19. The van der Waals surface area contributed by atoms with Gasteiger partial charge < -0.3 is 11.1 Å². The van der Waals surface area contributed by atoms with Gasteiger partial charge in [-0.15, -0.1) is 0 Å². The van der Waals surface area contributed by atoms with Gasteiger partial charge in [-0.2, -0.15) is 0 Å². The molecule has 0 spiro atoms. The van der Waals surface area contributed by atoms with Crippen molar-refractivity contribution in [3.8, 4) is 0 Å².